The van der Waals surface area contributed by atoms with Crippen LogP contribution in [0.25, 0.3) is 11.5 Å². The summed E-state index contributed by atoms with van der Waals surface area (Å²) in [6.07, 6.45) is 1.00. The maximum atomic E-state index is 11.8. The fraction of sp³-hybridized carbons (Fsp3) is 0.400. The highest BCUT2D eigenvalue weighted by molar-refractivity contribution is 7.14. The lowest BCUT2D eigenvalue weighted by Gasteiger charge is -2.04. The number of nitrogens with one attached hydrogen (secondary N) is 2. The largest absolute Gasteiger partial charge is 0.458 e. The second-order valence-electron chi connectivity index (χ2n) is 5.28. The van der Waals surface area contributed by atoms with E-state index < -0.39 is 0 Å². The summed E-state index contributed by atoms with van der Waals surface area (Å²) in [4.78, 5) is 27.0. The van der Waals surface area contributed by atoms with Crippen LogP contribution in [0.5, 0.6) is 0 Å². The third kappa shape index (κ3) is 5.50. The Labute approximate surface area is 138 Å². The summed E-state index contributed by atoms with van der Waals surface area (Å²) in [6.45, 7) is 3.65. The van der Waals surface area contributed by atoms with Crippen LogP contribution in [-0.4, -0.2) is 22.8 Å². The molecule has 0 spiro atoms. The highest BCUT2D eigenvalue weighted by atomic mass is 32.1. The number of aromatic nitrogens is 1. The van der Waals surface area contributed by atoms with Crippen molar-refractivity contribution in [1.29, 1.82) is 0 Å². The van der Waals surface area contributed by atoms with E-state index in [0.29, 0.717) is 41.7 Å². The number of thiazole rings is 1. The highest BCUT2D eigenvalue weighted by Crippen LogP contribution is 2.26. The average Bonchev–Trinajstić information content (AvgIpc) is 3.11. The van der Waals surface area contributed by atoms with E-state index >= 15 is 0 Å². The standard InChI is InChI=1S/C15H20N4O3S/c1-9(16)3-6-14(21)19-15-18-12(8-23-15)13-5-4-11(22-13)7-17-10(2)20/h4-5,8-9H,3,6-7,16H2,1-2H3,(H,17,20)(H,18,19,21). The first-order valence-corrected chi connectivity index (χ1v) is 8.16. The molecule has 4 N–H and O–H groups in total. The molecular formula is C15H20N4O3S. The summed E-state index contributed by atoms with van der Waals surface area (Å²) in [5, 5.41) is 7.74. The molecule has 0 aliphatic heterocycles. The van der Waals surface area contributed by atoms with Crippen molar-refractivity contribution in [3.05, 3.63) is 23.3 Å². The number of carbonyl (C=O) groups excluding carboxylic acids is 2. The summed E-state index contributed by atoms with van der Waals surface area (Å²) in [7, 11) is 0. The number of rotatable bonds is 7. The van der Waals surface area contributed by atoms with Crippen LogP contribution in [0.1, 0.15) is 32.4 Å². The summed E-state index contributed by atoms with van der Waals surface area (Å²) >= 11 is 1.33. The van der Waals surface area contributed by atoms with E-state index in [-0.39, 0.29) is 17.9 Å². The topological polar surface area (TPSA) is 110 Å². The van der Waals surface area contributed by atoms with Gasteiger partial charge in [0.1, 0.15) is 11.5 Å². The Hall–Kier alpha value is -2.19. The summed E-state index contributed by atoms with van der Waals surface area (Å²) in [5.41, 5.74) is 6.27. The minimum atomic E-state index is -0.117. The van der Waals surface area contributed by atoms with Crippen LogP contribution in [-0.2, 0) is 16.1 Å². The molecule has 7 nitrogen and oxygen atoms in total. The van der Waals surface area contributed by atoms with Crippen molar-refractivity contribution >= 4 is 28.3 Å². The normalized spacial score (nSPS) is 12.0. The molecule has 0 saturated heterocycles. The van der Waals surface area contributed by atoms with Gasteiger partial charge in [0.15, 0.2) is 10.9 Å². The number of furan rings is 1. The van der Waals surface area contributed by atoms with Crippen molar-refractivity contribution in [2.45, 2.75) is 39.3 Å². The Morgan fingerprint density at radius 3 is 2.91 bits per heavy atom. The molecule has 0 aliphatic carbocycles. The Kier molecular flexibility index (Phi) is 5.89. The molecule has 2 aromatic rings. The SMILES string of the molecule is CC(=O)NCc1ccc(-c2csc(NC(=O)CCC(C)N)n2)o1. The first-order chi connectivity index (χ1) is 10.9. The van der Waals surface area contributed by atoms with Gasteiger partial charge in [-0.05, 0) is 25.5 Å². The Bertz CT molecular complexity index is 678. The van der Waals surface area contributed by atoms with Gasteiger partial charge in [-0.1, -0.05) is 0 Å². The number of nitrogens with zero attached hydrogens (tertiary/aromatic N) is 1. The third-order valence-electron chi connectivity index (χ3n) is 3.00. The van der Waals surface area contributed by atoms with Crippen LogP contribution >= 0.6 is 11.3 Å². The Morgan fingerprint density at radius 2 is 2.22 bits per heavy atom. The molecule has 1 atom stereocenters. The van der Waals surface area contributed by atoms with Gasteiger partial charge in [0.2, 0.25) is 11.8 Å². The zero-order chi connectivity index (χ0) is 16.8. The summed E-state index contributed by atoms with van der Waals surface area (Å²) in [6, 6.07) is 3.57. The molecule has 0 aromatic carbocycles. The van der Waals surface area contributed by atoms with E-state index in [1.807, 2.05) is 12.3 Å². The molecule has 0 bridgehead atoms. The lowest BCUT2D eigenvalue weighted by Crippen LogP contribution is -2.19. The monoisotopic (exact) mass is 336 g/mol. The van der Waals surface area contributed by atoms with Gasteiger partial charge in [0.05, 0.1) is 6.54 Å². The van der Waals surface area contributed by atoms with Crippen LogP contribution in [0.4, 0.5) is 5.13 Å². The van der Waals surface area contributed by atoms with Crippen LogP contribution in [0.3, 0.4) is 0 Å². The van der Waals surface area contributed by atoms with Gasteiger partial charge in [-0.25, -0.2) is 4.98 Å². The van der Waals surface area contributed by atoms with Crippen LogP contribution in [0.2, 0.25) is 0 Å². The summed E-state index contributed by atoms with van der Waals surface area (Å²) in [5.74, 6) is 1.02. The van der Waals surface area contributed by atoms with Gasteiger partial charge in [0, 0.05) is 24.8 Å². The fourth-order valence-electron chi connectivity index (χ4n) is 1.81. The quantitative estimate of drug-likeness (QED) is 0.717. The number of amides is 2. The maximum Gasteiger partial charge on any atom is 0.226 e. The number of hydrogen-bond donors (Lipinski definition) is 3. The first kappa shape index (κ1) is 17.2. The third-order valence-corrected chi connectivity index (χ3v) is 3.76. The van der Waals surface area contributed by atoms with Gasteiger partial charge >= 0.3 is 0 Å². The minimum Gasteiger partial charge on any atom is -0.458 e. The van der Waals surface area contributed by atoms with Gasteiger partial charge in [-0.2, -0.15) is 0 Å². The van der Waals surface area contributed by atoms with Gasteiger partial charge in [-0.15, -0.1) is 11.3 Å². The van der Waals surface area contributed by atoms with E-state index in [1.54, 1.807) is 12.1 Å². The Morgan fingerprint density at radius 1 is 1.43 bits per heavy atom. The second kappa shape index (κ2) is 7.89. The maximum absolute atomic E-state index is 11.8. The zero-order valence-electron chi connectivity index (χ0n) is 13.1. The van der Waals surface area contributed by atoms with Crippen molar-refractivity contribution in [2.24, 2.45) is 5.73 Å². The molecule has 0 saturated carbocycles. The van der Waals surface area contributed by atoms with E-state index in [1.165, 1.54) is 18.3 Å². The number of nitrogens with two attached hydrogens (primary N) is 1. The molecule has 8 heteroatoms. The molecule has 0 radical (unpaired) electrons. The van der Waals surface area contributed by atoms with E-state index in [0.717, 1.165) is 0 Å². The number of carbonyl (C=O) groups is 2. The lowest BCUT2D eigenvalue weighted by atomic mass is 10.2. The van der Waals surface area contributed by atoms with E-state index in [9.17, 15) is 9.59 Å². The molecular weight excluding hydrogens is 316 g/mol. The highest BCUT2D eigenvalue weighted by Gasteiger charge is 2.11. The Balaban J connectivity index is 1.93. The second-order valence-corrected chi connectivity index (χ2v) is 6.14. The average molecular weight is 336 g/mol. The van der Waals surface area contributed by atoms with Crippen LogP contribution in [0, 0.1) is 0 Å². The molecule has 0 fully saturated rings. The predicted octanol–water partition coefficient (Wildman–Crippen LogP) is 2.11. The molecule has 23 heavy (non-hydrogen) atoms. The zero-order valence-corrected chi connectivity index (χ0v) is 13.9. The minimum absolute atomic E-state index is 0.00208. The molecule has 2 rings (SSSR count). The van der Waals surface area contributed by atoms with Crippen molar-refractivity contribution < 1.29 is 14.0 Å². The fourth-order valence-corrected chi connectivity index (χ4v) is 2.52. The van der Waals surface area contributed by atoms with Gasteiger partial charge in [-0.3, -0.25) is 9.59 Å². The van der Waals surface area contributed by atoms with Crippen molar-refractivity contribution in [3.63, 3.8) is 0 Å². The smallest absolute Gasteiger partial charge is 0.226 e. The van der Waals surface area contributed by atoms with Gasteiger partial charge in [0.25, 0.3) is 0 Å². The van der Waals surface area contributed by atoms with E-state index in [4.69, 9.17) is 10.2 Å². The first-order valence-electron chi connectivity index (χ1n) is 7.28. The van der Waals surface area contributed by atoms with Crippen molar-refractivity contribution in [3.8, 4) is 11.5 Å². The molecule has 1 unspecified atom stereocenters. The van der Waals surface area contributed by atoms with Crippen molar-refractivity contribution in [2.75, 3.05) is 5.32 Å². The van der Waals surface area contributed by atoms with Gasteiger partial charge < -0.3 is 20.8 Å². The number of anilines is 1. The molecule has 0 aliphatic rings. The number of hydrogen-bond acceptors (Lipinski definition) is 6. The molecule has 2 aromatic heterocycles. The lowest BCUT2D eigenvalue weighted by molar-refractivity contribution is -0.119. The predicted molar refractivity (Wildman–Crippen MR) is 88.8 cm³/mol. The van der Waals surface area contributed by atoms with Crippen molar-refractivity contribution in [1.82, 2.24) is 10.3 Å². The van der Waals surface area contributed by atoms with Crippen LogP contribution < -0.4 is 16.4 Å². The van der Waals surface area contributed by atoms with E-state index in [2.05, 4.69) is 15.6 Å². The molecule has 2 heterocycles. The summed E-state index contributed by atoms with van der Waals surface area (Å²) < 4.78 is 5.62. The molecule has 124 valence electrons. The van der Waals surface area contributed by atoms with Crippen LogP contribution in [0.15, 0.2) is 21.9 Å². The molecule has 2 amide bonds.